The van der Waals surface area contributed by atoms with Gasteiger partial charge in [0.2, 0.25) is 0 Å². The molecule has 0 aromatic heterocycles. The Morgan fingerprint density at radius 2 is 1.29 bits per heavy atom. The second kappa shape index (κ2) is 11.8. The second-order valence-corrected chi connectivity index (χ2v) is 9.64. The van der Waals surface area contributed by atoms with Crippen molar-refractivity contribution >= 4 is 17.6 Å². The van der Waals surface area contributed by atoms with Gasteiger partial charge in [0.15, 0.2) is 0 Å². The summed E-state index contributed by atoms with van der Waals surface area (Å²) in [7, 11) is 3.39. The van der Waals surface area contributed by atoms with Gasteiger partial charge in [-0.05, 0) is 86.3 Å². The smallest absolute Gasteiger partial charge is 0.253 e. The number of hydrogen-bond donors (Lipinski definition) is 4. The van der Waals surface area contributed by atoms with E-state index in [1.165, 1.54) is 4.90 Å². The number of nitrogens with one attached hydrogen (secondary N) is 2. The fraction of sp³-hybridized carbons (Fsp3) is 0.276. The third kappa shape index (κ3) is 6.89. The standard InChI is InChI=1S/C29H33N5O4/c1-34(2)29(36)19-5-13-24(14-6-19)38-26-16-20(28(35)33-22-9-7-21(30)8-10-22)15-25(17-26)37-23-11-3-18(4-12-23)27(31)32/h3-6,11-17,21-22H,7-10,30H2,1-2H3,(H3,31,32)(H,33,35). The Kier molecular flexibility index (Phi) is 8.28. The zero-order chi connectivity index (χ0) is 27.2. The van der Waals surface area contributed by atoms with Gasteiger partial charge in [-0.2, -0.15) is 0 Å². The lowest BCUT2D eigenvalue weighted by atomic mass is 9.91. The molecule has 0 heterocycles. The van der Waals surface area contributed by atoms with Crippen LogP contribution in [0.5, 0.6) is 23.0 Å². The zero-order valence-electron chi connectivity index (χ0n) is 21.6. The Morgan fingerprint density at radius 3 is 1.76 bits per heavy atom. The van der Waals surface area contributed by atoms with Crippen molar-refractivity contribution < 1.29 is 19.1 Å². The molecular formula is C29H33N5O4. The van der Waals surface area contributed by atoms with Crippen molar-refractivity contribution in [1.82, 2.24) is 10.2 Å². The van der Waals surface area contributed by atoms with Crippen LogP contribution in [0.15, 0.2) is 66.7 Å². The summed E-state index contributed by atoms with van der Waals surface area (Å²) in [5.74, 6) is 1.48. The SMILES string of the molecule is CN(C)C(=O)c1ccc(Oc2cc(Oc3ccc(C(=N)N)cc3)cc(C(=O)NC3CCC(N)CC3)c2)cc1. The molecule has 1 fully saturated rings. The van der Waals surface area contributed by atoms with Gasteiger partial charge in [0.25, 0.3) is 11.8 Å². The largest absolute Gasteiger partial charge is 0.457 e. The molecule has 0 saturated heterocycles. The van der Waals surface area contributed by atoms with Crippen LogP contribution in [0.25, 0.3) is 0 Å². The fourth-order valence-corrected chi connectivity index (χ4v) is 4.25. The minimum Gasteiger partial charge on any atom is -0.457 e. The van der Waals surface area contributed by atoms with Gasteiger partial charge in [0.05, 0.1) is 0 Å². The highest BCUT2D eigenvalue weighted by Crippen LogP contribution is 2.31. The van der Waals surface area contributed by atoms with Crippen molar-refractivity contribution in [3.63, 3.8) is 0 Å². The van der Waals surface area contributed by atoms with Gasteiger partial charge in [0, 0.05) is 48.9 Å². The van der Waals surface area contributed by atoms with Crippen molar-refractivity contribution in [3.8, 4) is 23.0 Å². The number of nitrogens with two attached hydrogens (primary N) is 2. The van der Waals surface area contributed by atoms with Gasteiger partial charge in [-0.25, -0.2) is 0 Å². The highest BCUT2D eigenvalue weighted by molar-refractivity contribution is 5.96. The molecule has 0 radical (unpaired) electrons. The van der Waals surface area contributed by atoms with E-state index >= 15 is 0 Å². The number of amides is 2. The van der Waals surface area contributed by atoms with Crippen LogP contribution >= 0.6 is 0 Å². The maximum Gasteiger partial charge on any atom is 0.253 e. The molecule has 2 amide bonds. The van der Waals surface area contributed by atoms with Crippen molar-refractivity contribution in [2.24, 2.45) is 11.5 Å². The topological polar surface area (TPSA) is 144 Å². The Bertz CT molecular complexity index is 1300. The molecule has 0 aliphatic heterocycles. The quantitative estimate of drug-likeness (QED) is 0.261. The summed E-state index contributed by atoms with van der Waals surface area (Å²) in [6, 6.07) is 18.8. The first-order valence-corrected chi connectivity index (χ1v) is 12.5. The molecule has 0 atom stereocenters. The van der Waals surface area contributed by atoms with E-state index in [4.69, 9.17) is 26.4 Å². The van der Waals surface area contributed by atoms with Crippen LogP contribution < -0.4 is 26.3 Å². The molecule has 9 heteroatoms. The predicted molar refractivity (Wildman–Crippen MR) is 146 cm³/mol. The molecular weight excluding hydrogens is 482 g/mol. The third-order valence-electron chi connectivity index (χ3n) is 6.39. The molecule has 1 aliphatic rings. The van der Waals surface area contributed by atoms with Gasteiger partial charge in [-0.3, -0.25) is 15.0 Å². The maximum absolute atomic E-state index is 13.2. The molecule has 198 valence electrons. The normalized spacial score (nSPS) is 16.8. The molecule has 3 aromatic carbocycles. The highest BCUT2D eigenvalue weighted by atomic mass is 16.5. The summed E-state index contributed by atoms with van der Waals surface area (Å²) in [6.07, 6.45) is 3.44. The molecule has 4 rings (SSSR count). The molecule has 9 nitrogen and oxygen atoms in total. The van der Waals surface area contributed by atoms with Gasteiger partial charge >= 0.3 is 0 Å². The van der Waals surface area contributed by atoms with Crippen molar-refractivity contribution in [3.05, 3.63) is 83.4 Å². The summed E-state index contributed by atoms with van der Waals surface area (Å²) in [4.78, 5) is 26.9. The highest BCUT2D eigenvalue weighted by Gasteiger charge is 2.21. The van der Waals surface area contributed by atoms with E-state index in [0.29, 0.717) is 39.7 Å². The average Bonchev–Trinajstić information content (AvgIpc) is 2.90. The van der Waals surface area contributed by atoms with Crippen LogP contribution in [0.1, 0.15) is 52.0 Å². The maximum atomic E-state index is 13.2. The van der Waals surface area contributed by atoms with Gasteiger partial charge in [0.1, 0.15) is 28.8 Å². The Morgan fingerprint density at radius 1 is 0.789 bits per heavy atom. The molecule has 3 aromatic rings. The van der Waals surface area contributed by atoms with Crippen LogP contribution in [-0.2, 0) is 0 Å². The minimum atomic E-state index is -0.223. The lowest BCUT2D eigenvalue weighted by molar-refractivity contribution is 0.0827. The van der Waals surface area contributed by atoms with E-state index in [1.807, 2.05) is 0 Å². The number of benzene rings is 3. The van der Waals surface area contributed by atoms with Crippen molar-refractivity contribution in [1.29, 1.82) is 5.41 Å². The summed E-state index contributed by atoms with van der Waals surface area (Å²) in [5.41, 5.74) is 13.1. The van der Waals surface area contributed by atoms with Crippen molar-refractivity contribution in [2.75, 3.05) is 14.1 Å². The summed E-state index contributed by atoms with van der Waals surface area (Å²) in [6.45, 7) is 0. The summed E-state index contributed by atoms with van der Waals surface area (Å²) in [5, 5.41) is 10.7. The number of amidine groups is 1. The Labute approximate surface area is 222 Å². The first-order chi connectivity index (χ1) is 18.2. The minimum absolute atomic E-state index is 0.0344. The number of nitrogen functional groups attached to an aromatic ring is 1. The predicted octanol–water partition coefficient (Wildman–Crippen LogP) is 4.26. The zero-order valence-corrected chi connectivity index (χ0v) is 21.6. The summed E-state index contributed by atoms with van der Waals surface area (Å²) < 4.78 is 12.1. The van der Waals surface area contributed by atoms with Crippen LogP contribution in [0.2, 0.25) is 0 Å². The van der Waals surface area contributed by atoms with Crippen LogP contribution in [0.4, 0.5) is 0 Å². The summed E-state index contributed by atoms with van der Waals surface area (Å²) >= 11 is 0. The molecule has 6 N–H and O–H groups in total. The molecule has 0 unspecified atom stereocenters. The fourth-order valence-electron chi connectivity index (χ4n) is 4.25. The Hall–Kier alpha value is -4.37. The number of hydrogen-bond acceptors (Lipinski definition) is 6. The molecule has 1 saturated carbocycles. The molecule has 0 bridgehead atoms. The van der Waals surface area contributed by atoms with E-state index in [1.54, 1.807) is 80.8 Å². The van der Waals surface area contributed by atoms with E-state index in [-0.39, 0.29) is 29.7 Å². The van der Waals surface area contributed by atoms with Gasteiger partial charge in [-0.1, -0.05) is 0 Å². The first kappa shape index (κ1) is 26.7. The lowest BCUT2D eigenvalue weighted by Crippen LogP contribution is -2.40. The number of ether oxygens (including phenoxy) is 2. The van der Waals surface area contributed by atoms with E-state index in [0.717, 1.165) is 25.7 Å². The molecule has 0 spiro atoms. The number of carbonyl (C=O) groups excluding carboxylic acids is 2. The van der Waals surface area contributed by atoms with Crippen LogP contribution in [0, 0.1) is 5.41 Å². The number of carbonyl (C=O) groups is 2. The molecule has 1 aliphatic carbocycles. The van der Waals surface area contributed by atoms with E-state index in [2.05, 4.69) is 5.32 Å². The van der Waals surface area contributed by atoms with Gasteiger partial charge in [-0.15, -0.1) is 0 Å². The first-order valence-electron chi connectivity index (χ1n) is 12.5. The second-order valence-electron chi connectivity index (χ2n) is 9.64. The van der Waals surface area contributed by atoms with E-state index < -0.39 is 0 Å². The van der Waals surface area contributed by atoms with Crippen LogP contribution in [0.3, 0.4) is 0 Å². The number of rotatable bonds is 8. The van der Waals surface area contributed by atoms with Gasteiger partial charge < -0.3 is 31.2 Å². The number of nitrogens with zero attached hydrogens (tertiary/aromatic N) is 1. The third-order valence-corrected chi connectivity index (χ3v) is 6.39. The Balaban J connectivity index is 1.57. The molecule has 38 heavy (non-hydrogen) atoms. The monoisotopic (exact) mass is 515 g/mol. The van der Waals surface area contributed by atoms with E-state index in [9.17, 15) is 9.59 Å². The van der Waals surface area contributed by atoms with Crippen LogP contribution in [-0.4, -0.2) is 48.7 Å². The van der Waals surface area contributed by atoms with Crippen molar-refractivity contribution in [2.45, 2.75) is 37.8 Å². The lowest BCUT2D eigenvalue weighted by Gasteiger charge is -2.26. The average molecular weight is 516 g/mol.